The number of ether oxygens (including phenoxy) is 2. The highest BCUT2D eigenvalue weighted by Gasteiger charge is 2.19. The average molecular weight is 372 g/mol. The van der Waals surface area contributed by atoms with Gasteiger partial charge in [-0.3, -0.25) is 9.36 Å². The Labute approximate surface area is 157 Å². The van der Waals surface area contributed by atoms with Gasteiger partial charge in [0, 0.05) is 31.1 Å². The first kappa shape index (κ1) is 18.8. The Morgan fingerprint density at radius 1 is 1.08 bits per heavy atom. The van der Waals surface area contributed by atoms with Gasteiger partial charge in [-0.05, 0) is 19.4 Å². The lowest BCUT2D eigenvalue weighted by Crippen LogP contribution is -2.27. The predicted octanol–water partition coefficient (Wildman–Crippen LogP) is 3.58. The Bertz CT molecular complexity index is 958. The van der Waals surface area contributed by atoms with Gasteiger partial charge in [0.05, 0.1) is 25.1 Å². The summed E-state index contributed by atoms with van der Waals surface area (Å²) >= 11 is 1.58. The van der Waals surface area contributed by atoms with Gasteiger partial charge in [-0.25, -0.2) is 4.98 Å². The van der Waals surface area contributed by atoms with E-state index in [1.807, 2.05) is 0 Å². The lowest BCUT2D eigenvalue weighted by Gasteiger charge is -2.12. The van der Waals surface area contributed by atoms with Gasteiger partial charge >= 0.3 is 0 Å². The van der Waals surface area contributed by atoms with Gasteiger partial charge in [0.15, 0.2) is 0 Å². The highest BCUT2D eigenvalue weighted by atomic mass is 32.1. The van der Waals surface area contributed by atoms with E-state index in [0.29, 0.717) is 31.6 Å². The van der Waals surface area contributed by atoms with Gasteiger partial charge in [-0.2, -0.15) is 0 Å². The van der Waals surface area contributed by atoms with Crippen molar-refractivity contribution in [1.82, 2.24) is 9.55 Å². The standard InChI is InChI=1S/C20H24N2O3S/c1-13-5-7-15(8-6-13)17-14(2)26-19-18(17)20(23)22(10-12-25-4)16(21-19)9-11-24-3/h5-8H,9-12H2,1-4H3. The van der Waals surface area contributed by atoms with Crippen molar-refractivity contribution in [2.45, 2.75) is 26.8 Å². The van der Waals surface area contributed by atoms with E-state index in [-0.39, 0.29) is 5.56 Å². The number of methoxy groups -OCH3 is 2. The van der Waals surface area contributed by atoms with Gasteiger partial charge in [-0.1, -0.05) is 29.8 Å². The molecule has 0 spiro atoms. The zero-order valence-electron chi connectivity index (χ0n) is 15.7. The molecule has 1 aromatic carbocycles. The number of aromatic nitrogens is 2. The molecule has 0 saturated carbocycles. The second-order valence-corrected chi connectivity index (χ2v) is 7.50. The normalized spacial score (nSPS) is 11.4. The Balaban J connectivity index is 2.23. The molecular weight excluding hydrogens is 348 g/mol. The number of hydrogen-bond acceptors (Lipinski definition) is 5. The lowest BCUT2D eigenvalue weighted by molar-refractivity contribution is 0.180. The summed E-state index contributed by atoms with van der Waals surface area (Å²) in [5, 5.41) is 0.702. The predicted molar refractivity (Wildman–Crippen MR) is 106 cm³/mol. The molecule has 2 aromatic heterocycles. The molecule has 0 aliphatic carbocycles. The molecule has 5 nitrogen and oxygen atoms in total. The van der Waals surface area contributed by atoms with Gasteiger partial charge < -0.3 is 9.47 Å². The minimum absolute atomic E-state index is 0.00178. The van der Waals surface area contributed by atoms with Crippen molar-refractivity contribution >= 4 is 21.6 Å². The summed E-state index contributed by atoms with van der Waals surface area (Å²) in [6.07, 6.45) is 0.599. The maximum atomic E-state index is 13.3. The molecule has 0 atom stereocenters. The van der Waals surface area contributed by atoms with Crippen molar-refractivity contribution in [3.05, 3.63) is 50.9 Å². The van der Waals surface area contributed by atoms with Crippen LogP contribution in [0, 0.1) is 13.8 Å². The first-order valence-corrected chi connectivity index (χ1v) is 9.46. The van der Waals surface area contributed by atoms with E-state index in [0.717, 1.165) is 26.7 Å². The van der Waals surface area contributed by atoms with Crippen molar-refractivity contribution < 1.29 is 9.47 Å². The van der Waals surface area contributed by atoms with Gasteiger partial charge in [0.2, 0.25) is 0 Å². The van der Waals surface area contributed by atoms with Gasteiger partial charge in [-0.15, -0.1) is 11.3 Å². The SMILES string of the molecule is COCCc1nc2sc(C)c(-c3ccc(C)cc3)c2c(=O)n1CCOC. The first-order valence-electron chi connectivity index (χ1n) is 8.64. The van der Waals surface area contributed by atoms with E-state index in [1.54, 1.807) is 30.1 Å². The number of nitrogens with zero attached hydrogens (tertiary/aromatic N) is 2. The minimum atomic E-state index is -0.00178. The van der Waals surface area contributed by atoms with Crippen LogP contribution in [-0.4, -0.2) is 37.0 Å². The Kier molecular flexibility index (Phi) is 5.86. The van der Waals surface area contributed by atoms with E-state index in [2.05, 4.69) is 38.1 Å². The minimum Gasteiger partial charge on any atom is -0.384 e. The lowest BCUT2D eigenvalue weighted by atomic mass is 10.0. The zero-order valence-corrected chi connectivity index (χ0v) is 16.5. The molecule has 6 heteroatoms. The molecule has 3 aromatic rings. The van der Waals surface area contributed by atoms with Crippen LogP contribution in [0.3, 0.4) is 0 Å². The maximum Gasteiger partial charge on any atom is 0.262 e. The van der Waals surface area contributed by atoms with Gasteiger partial charge in [0.25, 0.3) is 5.56 Å². The largest absolute Gasteiger partial charge is 0.384 e. The van der Waals surface area contributed by atoms with Crippen LogP contribution < -0.4 is 5.56 Å². The zero-order chi connectivity index (χ0) is 18.7. The quantitative estimate of drug-likeness (QED) is 0.636. The highest BCUT2D eigenvalue weighted by Crippen LogP contribution is 2.35. The van der Waals surface area contributed by atoms with E-state index >= 15 is 0 Å². The molecule has 0 amide bonds. The number of benzene rings is 1. The Hall–Kier alpha value is -2.02. The van der Waals surface area contributed by atoms with Crippen LogP contribution >= 0.6 is 11.3 Å². The Morgan fingerprint density at radius 2 is 1.77 bits per heavy atom. The van der Waals surface area contributed by atoms with E-state index < -0.39 is 0 Å². The molecule has 0 aliphatic rings. The van der Waals surface area contributed by atoms with Crippen LogP contribution in [-0.2, 0) is 22.4 Å². The monoisotopic (exact) mass is 372 g/mol. The molecule has 0 N–H and O–H groups in total. The van der Waals surface area contributed by atoms with Crippen LogP contribution in [0.1, 0.15) is 16.3 Å². The smallest absolute Gasteiger partial charge is 0.262 e. The highest BCUT2D eigenvalue weighted by molar-refractivity contribution is 7.19. The van der Waals surface area contributed by atoms with Crippen LogP contribution in [0.2, 0.25) is 0 Å². The average Bonchev–Trinajstić information content (AvgIpc) is 2.96. The molecule has 0 fully saturated rings. The number of aryl methyl sites for hydroxylation is 2. The molecule has 0 aliphatic heterocycles. The fourth-order valence-electron chi connectivity index (χ4n) is 3.10. The van der Waals surface area contributed by atoms with Crippen LogP contribution in [0.25, 0.3) is 21.3 Å². The first-order chi connectivity index (χ1) is 12.6. The van der Waals surface area contributed by atoms with E-state index in [4.69, 9.17) is 14.5 Å². The number of hydrogen-bond donors (Lipinski definition) is 0. The number of thiophene rings is 1. The molecule has 2 heterocycles. The van der Waals surface area contributed by atoms with Crippen LogP contribution in [0.4, 0.5) is 0 Å². The molecule has 26 heavy (non-hydrogen) atoms. The van der Waals surface area contributed by atoms with Crippen molar-refractivity contribution in [1.29, 1.82) is 0 Å². The third kappa shape index (κ3) is 3.58. The maximum absolute atomic E-state index is 13.3. The summed E-state index contributed by atoms with van der Waals surface area (Å²) in [5.41, 5.74) is 3.25. The van der Waals surface area contributed by atoms with Crippen molar-refractivity contribution in [3.8, 4) is 11.1 Å². The molecule has 138 valence electrons. The second kappa shape index (κ2) is 8.12. The van der Waals surface area contributed by atoms with Crippen molar-refractivity contribution in [2.75, 3.05) is 27.4 Å². The number of rotatable bonds is 7. The molecular formula is C20H24N2O3S. The second-order valence-electron chi connectivity index (χ2n) is 6.30. The third-order valence-electron chi connectivity index (χ3n) is 4.46. The van der Waals surface area contributed by atoms with E-state index in [1.165, 1.54) is 5.56 Å². The molecule has 0 saturated heterocycles. The third-order valence-corrected chi connectivity index (χ3v) is 5.46. The summed E-state index contributed by atoms with van der Waals surface area (Å²) in [6, 6.07) is 8.29. The van der Waals surface area contributed by atoms with Crippen LogP contribution in [0.5, 0.6) is 0 Å². The summed E-state index contributed by atoms with van der Waals surface area (Å²) < 4.78 is 12.1. The topological polar surface area (TPSA) is 53.3 Å². The summed E-state index contributed by atoms with van der Waals surface area (Å²) in [6.45, 7) is 5.59. The molecule has 0 unspecified atom stereocenters. The number of fused-ring (bicyclic) bond motifs is 1. The van der Waals surface area contributed by atoms with Crippen molar-refractivity contribution in [2.24, 2.45) is 0 Å². The Morgan fingerprint density at radius 3 is 2.42 bits per heavy atom. The summed E-state index contributed by atoms with van der Waals surface area (Å²) in [7, 11) is 3.29. The van der Waals surface area contributed by atoms with Crippen LogP contribution in [0.15, 0.2) is 29.1 Å². The van der Waals surface area contributed by atoms with E-state index in [9.17, 15) is 4.79 Å². The fraction of sp³-hybridized carbons (Fsp3) is 0.400. The molecule has 3 rings (SSSR count). The summed E-state index contributed by atoms with van der Waals surface area (Å²) in [4.78, 5) is 20.0. The molecule has 0 radical (unpaired) electrons. The fourth-order valence-corrected chi connectivity index (χ4v) is 4.16. The van der Waals surface area contributed by atoms with Gasteiger partial charge in [0.1, 0.15) is 10.7 Å². The molecule has 0 bridgehead atoms. The summed E-state index contributed by atoms with van der Waals surface area (Å²) in [5.74, 6) is 0.748. The van der Waals surface area contributed by atoms with Crippen molar-refractivity contribution in [3.63, 3.8) is 0 Å².